The fourth-order valence-electron chi connectivity index (χ4n) is 3.72. The van der Waals surface area contributed by atoms with E-state index in [-0.39, 0.29) is 18.0 Å². The number of H-pyrrole nitrogens is 1. The molecule has 6 heteroatoms. The minimum absolute atomic E-state index is 0.203. The van der Waals surface area contributed by atoms with Crippen LogP contribution < -0.4 is 0 Å². The molecule has 4 rings (SSSR count). The topological polar surface area (TPSA) is 73.4 Å². The van der Waals surface area contributed by atoms with Crippen LogP contribution in [-0.4, -0.2) is 35.5 Å². The smallest absolute Gasteiger partial charge is 0.243 e. The Morgan fingerprint density at radius 3 is 2.58 bits per heavy atom. The molecule has 1 unspecified atom stereocenters. The molecule has 0 aliphatic carbocycles. The van der Waals surface area contributed by atoms with Crippen molar-refractivity contribution in [2.45, 2.75) is 37.2 Å². The highest BCUT2D eigenvalue weighted by Crippen LogP contribution is 2.33. The summed E-state index contributed by atoms with van der Waals surface area (Å²) in [5, 5.41) is 11.0. The zero-order valence-corrected chi connectivity index (χ0v) is 15.5. The van der Waals surface area contributed by atoms with Crippen LogP contribution in [-0.2, 0) is 29.4 Å². The van der Waals surface area contributed by atoms with Gasteiger partial charge in [-0.1, -0.05) is 37.3 Å². The summed E-state index contributed by atoms with van der Waals surface area (Å²) in [5.41, 5.74) is 4.11. The standard InChI is InChI=1S/C20H22N2O3S/c1-2-14-7-9-16(10-8-14)26(24,25)22-12-20-18(11-15(22)13-23)17-5-3-4-6-19(17)21-20/h3-10,15,21,23H,2,11-13H2,1H3. The van der Waals surface area contributed by atoms with Crippen molar-refractivity contribution in [2.75, 3.05) is 6.61 Å². The van der Waals surface area contributed by atoms with Crippen molar-refractivity contribution in [3.8, 4) is 0 Å². The maximum atomic E-state index is 13.2. The second kappa shape index (κ2) is 6.54. The maximum Gasteiger partial charge on any atom is 0.243 e. The number of nitrogens with one attached hydrogen (secondary N) is 1. The molecule has 136 valence electrons. The number of hydrogen-bond donors (Lipinski definition) is 2. The van der Waals surface area contributed by atoms with Crippen LogP contribution in [0.15, 0.2) is 53.4 Å². The molecule has 2 N–H and O–H groups in total. The van der Waals surface area contributed by atoms with Crippen LogP contribution in [0.5, 0.6) is 0 Å². The summed E-state index contributed by atoms with van der Waals surface area (Å²) in [6.45, 7) is 2.08. The van der Waals surface area contributed by atoms with E-state index in [1.807, 2.05) is 43.3 Å². The minimum atomic E-state index is -3.68. The quantitative estimate of drug-likeness (QED) is 0.742. The second-order valence-corrected chi connectivity index (χ2v) is 8.61. The van der Waals surface area contributed by atoms with Crippen molar-refractivity contribution in [2.24, 2.45) is 0 Å². The first kappa shape index (κ1) is 17.3. The highest BCUT2D eigenvalue weighted by molar-refractivity contribution is 7.89. The summed E-state index contributed by atoms with van der Waals surface area (Å²) in [4.78, 5) is 3.62. The third kappa shape index (κ3) is 2.74. The van der Waals surface area contributed by atoms with E-state index in [9.17, 15) is 13.5 Å². The van der Waals surface area contributed by atoms with E-state index in [0.29, 0.717) is 6.42 Å². The summed E-state index contributed by atoms with van der Waals surface area (Å²) >= 11 is 0. The van der Waals surface area contributed by atoms with Crippen molar-refractivity contribution in [3.05, 3.63) is 65.4 Å². The summed E-state index contributed by atoms with van der Waals surface area (Å²) in [5.74, 6) is 0. The predicted octanol–water partition coefficient (Wildman–Crippen LogP) is 2.84. The van der Waals surface area contributed by atoms with E-state index < -0.39 is 16.1 Å². The molecule has 0 fully saturated rings. The number of benzene rings is 2. The van der Waals surface area contributed by atoms with Gasteiger partial charge in [-0.25, -0.2) is 8.42 Å². The molecule has 0 radical (unpaired) electrons. The number of nitrogens with zero attached hydrogens (tertiary/aromatic N) is 1. The van der Waals surface area contributed by atoms with E-state index in [0.717, 1.165) is 34.1 Å². The molecule has 26 heavy (non-hydrogen) atoms. The zero-order chi connectivity index (χ0) is 18.3. The molecular weight excluding hydrogens is 348 g/mol. The molecule has 0 bridgehead atoms. The number of hydrogen-bond acceptors (Lipinski definition) is 3. The number of para-hydroxylation sites is 1. The Kier molecular flexibility index (Phi) is 4.34. The average Bonchev–Trinajstić information content (AvgIpc) is 3.04. The van der Waals surface area contributed by atoms with Gasteiger partial charge in [0.1, 0.15) is 0 Å². The number of sulfonamides is 1. The van der Waals surface area contributed by atoms with Gasteiger partial charge in [-0.15, -0.1) is 0 Å². The lowest BCUT2D eigenvalue weighted by Gasteiger charge is -2.33. The lowest BCUT2D eigenvalue weighted by atomic mass is 9.99. The van der Waals surface area contributed by atoms with Crippen molar-refractivity contribution >= 4 is 20.9 Å². The second-order valence-electron chi connectivity index (χ2n) is 6.72. The third-order valence-corrected chi connectivity index (χ3v) is 7.12. The van der Waals surface area contributed by atoms with Crippen LogP contribution in [0.3, 0.4) is 0 Å². The fraction of sp³-hybridized carbons (Fsp3) is 0.300. The van der Waals surface area contributed by atoms with E-state index in [4.69, 9.17) is 0 Å². The van der Waals surface area contributed by atoms with Gasteiger partial charge in [0, 0.05) is 16.6 Å². The zero-order valence-electron chi connectivity index (χ0n) is 14.6. The van der Waals surface area contributed by atoms with Gasteiger partial charge in [0.15, 0.2) is 0 Å². The number of aromatic amines is 1. The molecule has 2 aromatic carbocycles. The molecule has 1 aromatic heterocycles. The monoisotopic (exact) mass is 370 g/mol. The van der Waals surface area contributed by atoms with Crippen molar-refractivity contribution < 1.29 is 13.5 Å². The molecule has 1 aliphatic rings. The van der Waals surface area contributed by atoms with E-state index in [1.165, 1.54) is 4.31 Å². The Hall–Kier alpha value is -2.15. The molecule has 3 aromatic rings. The first-order valence-corrected chi connectivity index (χ1v) is 10.3. The largest absolute Gasteiger partial charge is 0.395 e. The Bertz CT molecular complexity index is 1040. The SMILES string of the molecule is CCc1ccc(S(=O)(=O)N2Cc3[nH]c4ccccc4c3CC2CO)cc1. The van der Waals surface area contributed by atoms with Crippen LogP contribution in [0.1, 0.15) is 23.7 Å². The van der Waals surface area contributed by atoms with Gasteiger partial charge in [0.05, 0.1) is 24.1 Å². The highest BCUT2D eigenvalue weighted by Gasteiger charge is 2.36. The Balaban J connectivity index is 1.75. The fourth-order valence-corrected chi connectivity index (χ4v) is 5.30. The first-order chi connectivity index (χ1) is 12.5. The van der Waals surface area contributed by atoms with Gasteiger partial charge in [0.2, 0.25) is 10.0 Å². The molecule has 0 amide bonds. The summed E-state index contributed by atoms with van der Waals surface area (Å²) in [7, 11) is -3.68. The average molecular weight is 370 g/mol. The molecule has 0 spiro atoms. The lowest BCUT2D eigenvalue weighted by Crippen LogP contribution is -2.46. The normalized spacial score (nSPS) is 18.2. The van der Waals surface area contributed by atoms with Crippen LogP contribution in [0.2, 0.25) is 0 Å². The Morgan fingerprint density at radius 2 is 1.88 bits per heavy atom. The van der Waals surface area contributed by atoms with Crippen molar-refractivity contribution in [3.63, 3.8) is 0 Å². The molecule has 2 heterocycles. The van der Waals surface area contributed by atoms with Crippen molar-refractivity contribution in [1.29, 1.82) is 0 Å². The highest BCUT2D eigenvalue weighted by atomic mass is 32.2. The van der Waals surface area contributed by atoms with E-state index >= 15 is 0 Å². The summed E-state index contributed by atoms with van der Waals surface area (Å²) in [6, 6.07) is 14.5. The molecular formula is C20H22N2O3S. The van der Waals surface area contributed by atoms with Gasteiger partial charge in [-0.05, 0) is 42.2 Å². The number of rotatable bonds is 4. The number of fused-ring (bicyclic) bond motifs is 3. The summed E-state index contributed by atoms with van der Waals surface area (Å²) < 4.78 is 27.8. The molecule has 0 saturated heterocycles. The van der Waals surface area contributed by atoms with E-state index in [2.05, 4.69) is 4.98 Å². The number of aliphatic hydroxyl groups excluding tert-OH is 1. The molecule has 1 atom stereocenters. The van der Waals surface area contributed by atoms with Gasteiger partial charge in [-0.3, -0.25) is 0 Å². The van der Waals surface area contributed by atoms with Gasteiger partial charge in [0.25, 0.3) is 0 Å². The third-order valence-electron chi connectivity index (χ3n) is 5.21. The number of aryl methyl sites for hydroxylation is 1. The molecule has 0 saturated carbocycles. The van der Waals surface area contributed by atoms with Crippen LogP contribution in [0, 0.1) is 0 Å². The summed E-state index contributed by atoms with van der Waals surface area (Å²) in [6.07, 6.45) is 1.36. The van der Waals surface area contributed by atoms with Crippen molar-refractivity contribution in [1.82, 2.24) is 9.29 Å². The Labute approximate surface area is 153 Å². The van der Waals surface area contributed by atoms with Crippen LogP contribution in [0.25, 0.3) is 10.9 Å². The van der Waals surface area contributed by atoms with E-state index in [1.54, 1.807) is 12.1 Å². The maximum absolute atomic E-state index is 13.2. The minimum Gasteiger partial charge on any atom is -0.395 e. The number of aliphatic hydroxyl groups is 1. The Morgan fingerprint density at radius 1 is 1.15 bits per heavy atom. The number of aromatic nitrogens is 1. The van der Waals surface area contributed by atoms with Gasteiger partial charge in [-0.2, -0.15) is 4.31 Å². The first-order valence-electron chi connectivity index (χ1n) is 8.84. The lowest BCUT2D eigenvalue weighted by molar-refractivity contribution is 0.173. The predicted molar refractivity (Wildman–Crippen MR) is 101 cm³/mol. The molecule has 1 aliphatic heterocycles. The van der Waals surface area contributed by atoms with Gasteiger partial charge >= 0.3 is 0 Å². The van der Waals surface area contributed by atoms with Gasteiger partial charge < -0.3 is 10.1 Å². The molecule has 5 nitrogen and oxygen atoms in total. The van der Waals surface area contributed by atoms with Crippen LogP contribution >= 0.6 is 0 Å². The van der Waals surface area contributed by atoms with Crippen LogP contribution in [0.4, 0.5) is 0 Å².